The van der Waals surface area contributed by atoms with E-state index in [0.717, 1.165) is 17.7 Å². The first-order chi connectivity index (χ1) is 8.16. The molecule has 0 radical (unpaired) electrons. The van der Waals surface area contributed by atoms with Gasteiger partial charge in [-0.25, -0.2) is 5.84 Å². The molecule has 0 amide bonds. The molecule has 0 fully saturated rings. The van der Waals surface area contributed by atoms with Crippen molar-refractivity contribution in [2.45, 2.75) is 13.3 Å². The number of phenolic OH excluding ortho intramolecular Hbond substituents is 1. The van der Waals surface area contributed by atoms with Crippen molar-refractivity contribution in [2.24, 2.45) is 10.9 Å². The van der Waals surface area contributed by atoms with Crippen molar-refractivity contribution in [1.82, 2.24) is 0 Å². The summed E-state index contributed by atoms with van der Waals surface area (Å²) in [6.07, 6.45) is 8.52. The molecule has 0 atom stereocenters. The molecule has 1 aliphatic carbocycles. The molecule has 88 valence electrons. The fourth-order valence-electron chi connectivity index (χ4n) is 1.59. The van der Waals surface area contributed by atoms with Crippen LogP contribution in [0.15, 0.2) is 47.6 Å². The van der Waals surface area contributed by atoms with Crippen molar-refractivity contribution in [2.75, 3.05) is 5.12 Å². The predicted octanol–water partition coefficient (Wildman–Crippen LogP) is 2.25. The second-order valence-corrected chi connectivity index (χ2v) is 3.92. The number of hydrogen-bond acceptors (Lipinski definition) is 4. The second kappa shape index (κ2) is 4.84. The summed E-state index contributed by atoms with van der Waals surface area (Å²) in [6, 6.07) is 5.23. The first-order valence-corrected chi connectivity index (χ1v) is 5.42. The number of phenols is 1. The van der Waals surface area contributed by atoms with Crippen LogP contribution in [0.25, 0.3) is 0 Å². The summed E-state index contributed by atoms with van der Waals surface area (Å²) >= 11 is 0. The molecule has 17 heavy (non-hydrogen) atoms. The van der Waals surface area contributed by atoms with Gasteiger partial charge in [0.25, 0.3) is 0 Å². The Bertz CT molecular complexity index is 503. The number of nitrogens with zero attached hydrogens (tertiary/aromatic N) is 2. The lowest BCUT2D eigenvalue weighted by molar-refractivity contribution is 0.474. The lowest BCUT2D eigenvalue weighted by Gasteiger charge is -2.16. The molecule has 0 spiro atoms. The number of aryl methyl sites for hydroxylation is 1. The van der Waals surface area contributed by atoms with Crippen LogP contribution in [-0.4, -0.2) is 10.8 Å². The molecule has 0 heterocycles. The Kier molecular flexibility index (Phi) is 3.25. The van der Waals surface area contributed by atoms with Crippen molar-refractivity contribution in [3.8, 4) is 5.75 Å². The van der Waals surface area contributed by atoms with Crippen LogP contribution in [0.3, 0.4) is 0 Å². The van der Waals surface area contributed by atoms with E-state index in [-0.39, 0.29) is 5.75 Å². The molecule has 1 aromatic rings. The van der Waals surface area contributed by atoms with Gasteiger partial charge in [0.1, 0.15) is 11.4 Å². The van der Waals surface area contributed by atoms with Crippen molar-refractivity contribution in [3.63, 3.8) is 0 Å². The van der Waals surface area contributed by atoms with Crippen LogP contribution < -0.4 is 11.0 Å². The van der Waals surface area contributed by atoms with E-state index in [2.05, 4.69) is 5.10 Å². The first-order valence-electron chi connectivity index (χ1n) is 5.42. The van der Waals surface area contributed by atoms with E-state index in [1.54, 1.807) is 12.1 Å². The fourth-order valence-corrected chi connectivity index (χ4v) is 1.59. The zero-order valence-corrected chi connectivity index (χ0v) is 9.67. The van der Waals surface area contributed by atoms with E-state index >= 15 is 0 Å². The normalized spacial score (nSPS) is 16.5. The molecule has 0 aliphatic heterocycles. The highest BCUT2D eigenvalue weighted by Gasteiger charge is 2.07. The number of aromatic hydroxyl groups is 1. The van der Waals surface area contributed by atoms with E-state index in [0.29, 0.717) is 5.69 Å². The van der Waals surface area contributed by atoms with Crippen LogP contribution in [0.5, 0.6) is 5.75 Å². The van der Waals surface area contributed by atoms with Crippen molar-refractivity contribution in [1.29, 1.82) is 0 Å². The Hall–Kier alpha value is -2.07. The number of hydrogen-bond donors (Lipinski definition) is 2. The molecule has 0 bridgehead atoms. The van der Waals surface area contributed by atoms with Crippen molar-refractivity contribution < 1.29 is 5.11 Å². The molecule has 4 nitrogen and oxygen atoms in total. The maximum Gasteiger partial charge on any atom is 0.142 e. The van der Waals surface area contributed by atoms with E-state index < -0.39 is 0 Å². The Morgan fingerprint density at radius 2 is 2.18 bits per heavy atom. The Morgan fingerprint density at radius 1 is 1.35 bits per heavy atom. The summed E-state index contributed by atoms with van der Waals surface area (Å²) in [6.45, 7) is 1.94. The second-order valence-electron chi connectivity index (χ2n) is 3.92. The summed E-state index contributed by atoms with van der Waals surface area (Å²) in [5.41, 5.74) is 2.38. The van der Waals surface area contributed by atoms with E-state index in [1.165, 1.54) is 5.12 Å². The third kappa shape index (κ3) is 2.73. The minimum atomic E-state index is 0.123. The van der Waals surface area contributed by atoms with Gasteiger partial charge >= 0.3 is 0 Å². The third-order valence-corrected chi connectivity index (χ3v) is 2.48. The maximum absolute atomic E-state index is 9.71. The zero-order valence-electron chi connectivity index (χ0n) is 9.67. The molecule has 1 aromatic carbocycles. The number of anilines is 1. The maximum atomic E-state index is 9.71. The Labute approximate surface area is 100 Å². The standard InChI is InChI=1S/C13H15N3O/c1-10-7-8-13(17)12(9-10)16(14)15-11-5-3-2-4-6-11/h2-5,7-9,17H,6,14H2,1H3/b15-11-. The minimum absolute atomic E-state index is 0.123. The van der Waals surface area contributed by atoms with Gasteiger partial charge in [-0.3, -0.25) is 0 Å². The monoisotopic (exact) mass is 229 g/mol. The van der Waals surface area contributed by atoms with Gasteiger partial charge < -0.3 is 5.11 Å². The Morgan fingerprint density at radius 3 is 2.88 bits per heavy atom. The van der Waals surface area contributed by atoms with Gasteiger partial charge in [-0.1, -0.05) is 24.3 Å². The SMILES string of the molecule is Cc1ccc(O)c(N(N)/N=C2/C=CC=CC2)c1. The number of hydrazone groups is 1. The summed E-state index contributed by atoms with van der Waals surface area (Å²) in [5, 5.41) is 15.2. The van der Waals surface area contributed by atoms with Crippen LogP contribution in [0.4, 0.5) is 5.69 Å². The molecule has 0 saturated heterocycles. The highest BCUT2D eigenvalue weighted by molar-refractivity contribution is 5.97. The lowest BCUT2D eigenvalue weighted by atomic mass is 10.2. The van der Waals surface area contributed by atoms with Crippen LogP contribution in [0.2, 0.25) is 0 Å². The minimum Gasteiger partial charge on any atom is -0.506 e. The summed E-state index contributed by atoms with van der Waals surface area (Å²) in [5.74, 6) is 5.95. The van der Waals surface area contributed by atoms with Gasteiger partial charge in [0.05, 0.1) is 5.71 Å². The molecular formula is C13H15N3O. The summed E-state index contributed by atoms with van der Waals surface area (Å²) < 4.78 is 0. The van der Waals surface area contributed by atoms with Gasteiger partial charge in [-0.15, -0.1) is 0 Å². The fraction of sp³-hybridized carbons (Fsp3) is 0.154. The largest absolute Gasteiger partial charge is 0.506 e. The number of hydrazine groups is 1. The van der Waals surface area contributed by atoms with E-state index in [9.17, 15) is 5.11 Å². The number of rotatable bonds is 2. The molecule has 1 aliphatic rings. The molecule has 2 rings (SSSR count). The molecule has 0 aromatic heterocycles. The third-order valence-electron chi connectivity index (χ3n) is 2.48. The molecule has 3 N–H and O–H groups in total. The summed E-state index contributed by atoms with van der Waals surface area (Å²) in [7, 11) is 0. The van der Waals surface area contributed by atoms with Gasteiger partial charge in [0.2, 0.25) is 0 Å². The number of nitrogens with two attached hydrogens (primary N) is 1. The highest BCUT2D eigenvalue weighted by atomic mass is 16.3. The average Bonchev–Trinajstić information content (AvgIpc) is 2.33. The molecule has 4 heteroatoms. The van der Waals surface area contributed by atoms with Gasteiger partial charge in [0.15, 0.2) is 0 Å². The smallest absolute Gasteiger partial charge is 0.142 e. The van der Waals surface area contributed by atoms with Crippen LogP contribution in [0.1, 0.15) is 12.0 Å². The van der Waals surface area contributed by atoms with Crippen LogP contribution in [-0.2, 0) is 0 Å². The number of allylic oxidation sites excluding steroid dienone is 4. The molecule has 0 saturated carbocycles. The average molecular weight is 229 g/mol. The topological polar surface area (TPSA) is 61.8 Å². The highest BCUT2D eigenvalue weighted by Crippen LogP contribution is 2.26. The van der Waals surface area contributed by atoms with Gasteiger partial charge in [0, 0.05) is 6.42 Å². The predicted molar refractivity (Wildman–Crippen MR) is 69.8 cm³/mol. The Balaban J connectivity index is 2.25. The van der Waals surface area contributed by atoms with E-state index in [4.69, 9.17) is 5.84 Å². The van der Waals surface area contributed by atoms with Gasteiger partial charge in [-0.05, 0) is 30.7 Å². The first kappa shape index (κ1) is 11.4. The number of benzene rings is 1. The van der Waals surface area contributed by atoms with Crippen molar-refractivity contribution >= 4 is 11.4 Å². The van der Waals surface area contributed by atoms with Crippen LogP contribution >= 0.6 is 0 Å². The lowest BCUT2D eigenvalue weighted by Crippen LogP contribution is -2.26. The quantitative estimate of drug-likeness (QED) is 0.604. The zero-order chi connectivity index (χ0) is 12.3. The van der Waals surface area contributed by atoms with Crippen LogP contribution in [0, 0.1) is 6.92 Å². The molecule has 0 unspecified atom stereocenters. The molecular weight excluding hydrogens is 214 g/mol. The van der Waals surface area contributed by atoms with Gasteiger partial charge in [-0.2, -0.15) is 10.2 Å². The van der Waals surface area contributed by atoms with Crippen molar-refractivity contribution in [3.05, 3.63) is 48.1 Å². The van der Waals surface area contributed by atoms with E-state index in [1.807, 2.05) is 37.3 Å². The summed E-state index contributed by atoms with van der Waals surface area (Å²) in [4.78, 5) is 0.